The standard InChI is InChI=1S/C15H20O2/c1-15(2,3)10-6-9-14(16)12-7-5-8-13(11-12)17-4/h5,7-8,11,14,16H,9H2,1-4H3. The third-order valence-corrected chi connectivity index (χ3v) is 2.24. The summed E-state index contributed by atoms with van der Waals surface area (Å²) >= 11 is 0. The molecule has 92 valence electrons. The van der Waals surface area contributed by atoms with Gasteiger partial charge in [0.2, 0.25) is 0 Å². The summed E-state index contributed by atoms with van der Waals surface area (Å²) in [5, 5.41) is 9.98. The number of benzene rings is 1. The lowest BCUT2D eigenvalue weighted by Crippen LogP contribution is -2.01. The Balaban J connectivity index is 2.69. The Kier molecular flexibility index (Phi) is 4.60. The van der Waals surface area contributed by atoms with Crippen molar-refractivity contribution >= 4 is 0 Å². The Morgan fingerprint density at radius 1 is 1.35 bits per heavy atom. The van der Waals surface area contributed by atoms with Crippen molar-refractivity contribution in [3.8, 4) is 17.6 Å². The van der Waals surface area contributed by atoms with Gasteiger partial charge in [0, 0.05) is 11.8 Å². The summed E-state index contributed by atoms with van der Waals surface area (Å²) in [6.45, 7) is 6.16. The fraction of sp³-hybridized carbons (Fsp3) is 0.467. The lowest BCUT2D eigenvalue weighted by molar-refractivity contribution is 0.183. The van der Waals surface area contributed by atoms with E-state index < -0.39 is 6.10 Å². The highest BCUT2D eigenvalue weighted by atomic mass is 16.5. The molecule has 0 aliphatic rings. The van der Waals surface area contributed by atoms with Crippen LogP contribution < -0.4 is 4.74 Å². The maximum Gasteiger partial charge on any atom is 0.119 e. The molecule has 1 unspecified atom stereocenters. The zero-order chi connectivity index (χ0) is 12.9. The lowest BCUT2D eigenvalue weighted by atomic mass is 9.97. The minimum atomic E-state index is -0.556. The molecule has 0 saturated carbocycles. The summed E-state index contributed by atoms with van der Waals surface area (Å²) < 4.78 is 5.12. The third kappa shape index (κ3) is 4.93. The smallest absolute Gasteiger partial charge is 0.119 e. The molecule has 0 saturated heterocycles. The number of rotatable bonds is 3. The zero-order valence-corrected chi connectivity index (χ0v) is 10.9. The average molecular weight is 232 g/mol. The number of aliphatic hydroxyl groups excluding tert-OH is 1. The lowest BCUT2D eigenvalue weighted by Gasteiger charge is -2.10. The summed E-state index contributed by atoms with van der Waals surface area (Å²) in [6.07, 6.45) is -0.107. The maximum atomic E-state index is 9.98. The first-order valence-electron chi connectivity index (χ1n) is 5.74. The molecule has 0 heterocycles. The van der Waals surface area contributed by atoms with Gasteiger partial charge >= 0.3 is 0 Å². The van der Waals surface area contributed by atoms with Crippen molar-refractivity contribution in [2.45, 2.75) is 33.3 Å². The minimum Gasteiger partial charge on any atom is -0.497 e. The molecular weight excluding hydrogens is 212 g/mol. The van der Waals surface area contributed by atoms with Gasteiger partial charge in [0.25, 0.3) is 0 Å². The highest BCUT2D eigenvalue weighted by Gasteiger charge is 2.08. The highest BCUT2D eigenvalue weighted by Crippen LogP contribution is 2.21. The maximum absolute atomic E-state index is 9.98. The van der Waals surface area contributed by atoms with E-state index in [1.165, 1.54) is 0 Å². The number of methoxy groups -OCH3 is 1. The van der Waals surface area contributed by atoms with E-state index in [1.807, 2.05) is 24.3 Å². The van der Waals surface area contributed by atoms with Crippen LogP contribution in [0.4, 0.5) is 0 Å². The van der Waals surface area contributed by atoms with E-state index in [0.717, 1.165) is 11.3 Å². The molecule has 0 spiro atoms. The molecule has 1 rings (SSSR count). The molecule has 0 amide bonds. The van der Waals surface area contributed by atoms with Crippen molar-refractivity contribution in [3.05, 3.63) is 29.8 Å². The number of aliphatic hydroxyl groups is 1. The van der Waals surface area contributed by atoms with Gasteiger partial charge in [0.05, 0.1) is 13.2 Å². The summed E-state index contributed by atoms with van der Waals surface area (Å²) in [5.74, 6) is 6.89. The summed E-state index contributed by atoms with van der Waals surface area (Å²) in [4.78, 5) is 0. The van der Waals surface area contributed by atoms with E-state index in [-0.39, 0.29) is 5.41 Å². The number of ether oxygens (including phenoxy) is 1. The van der Waals surface area contributed by atoms with Crippen molar-refractivity contribution in [1.29, 1.82) is 0 Å². The molecule has 1 atom stereocenters. The van der Waals surface area contributed by atoms with E-state index in [9.17, 15) is 5.11 Å². The van der Waals surface area contributed by atoms with Crippen LogP contribution in [0.25, 0.3) is 0 Å². The molecule has 2 heteroatoms. The van der Waals surface area contributed by atoms with Gasteiger partial charge in [-0.2, -0.15) is 0 Å². The molecule has 1 N–H and O–H groups in total. The molecule has 0 aromatic heterocycles. The van der Waals surface area contributed by atoms with Gasteiger partial charge in [-0.1, -0.05) is 24.0 Å². The molecule has 1 aromatic rings. The van der Waals surface area contributed by atoms with E-state index in [0.29, 0.717) is 6.42 Å². The molecule has 0 fully saturated rings. The average Bonchev–Trinajstić information content (AvgIpc) is 2.27. The zero-order valence-electron chi connectivity index (χ0n) is 10.9. The monoisotopic (exact) mass is 232 g/mol. The quantitative estimate of drug-likeness (QED) is 0.811. The second-order valence-electron chi connectivity index (χ2n) is 5.05. The Morgan fingerprint density at radius 2 is 2.06 bits per heavy atom. The van der Waals surface area contributed by atoms with Gasteiger partial charge in [0.1, 0.15) is 5.75 Å². The predicted octanol–water partition coefficient (Wildman–Crippen LogP) is 3.17. The third-order valence-electron chi connectivity index (χ3n) is 2.24. The topological polar surface area (TPSA) is 29.5 Å². The Hall–Kier alpha value is -1.46. The van der Waals surface area contributed by atoms with Crippen molar-refractivity contribution in [2.24, 2.45) is 5.41 Å². The molecule has 0 bridgehead atoms. The first-order chi connectivity index (χ1) is 7.92. The largest absolute Gasteiger partial charge is 0.497 e. The van der Waals surface area contributed by atoms with Gasteiger partial charge in [-0.05, 0) is 38.5 Å². The van der Waals surface area contributed by atoms with E-state index in [1.54, 1.807) is 7.11 Å². The Labute approximate surface area is 104 Å². The highest BCUT2D eigenvalue weighted by molar-refractivity contribution is 5.30. The molecular formula is C15H20O2. The van der Waals surface area contributed by atoms with Crippen molar-refractivity contribution in [1.82, 2.24) is 0 Å². The van der Waals surface area contributed by atoms with Crippen LogP contribution in [0.5, 0.6) is 5.75 Å². The van der Waals surface area contributed by atoms with Gasteiger partial charge in [-0.25, -0.2) is 0 Å². The number of hydrogen-bond acceptors (Lipinski definition) is 2. The fourth-order valence-electron chi connectivity index (χ4n) is 1.38. The summed E-state index contributed by atoms with van der Waals surface area (Å²) in [7, 11) is 1.62. The Morgan fingerprint density at radius 3 is 2.65 bits per heavy atom. The summed E-state index contributed by atoms with van der Waals surface area (Å²) in [5.41, 5.74) is 0.821. The number of hydrogen-bond donors (Lipinski definition) is 1. The van der Waals surface area contributed by atoms with Gasteiger partial charge in [-0.3, -0.25) is 0 Å². The van der Waals surface area contributed by atoms with Gasteiger partial charge in [-0.15, -0.1) is 0 Å². The second kappa shape index (κ2) is 5.75. The van der Waals surface area contributed by atoms with E-state index in [4.69, 9.17) is 4.74 Å². The van der Waals surface area contributed by atoms with Crippen LogP contribution in [0, 0.1) is 17.3 Å². The van der Waals surface area contributed by atoms with Gasteiger partial charge < -0.3 is 9.84 Å². The van der Waals surface area contributed by atoms with Crippen molar-refractivity contribution in [2.75, 3.05) is 7.11 Å². The molecule has 2 nitrogen and oxygen atoms in total. The summed E-state index contributed by atoms with van der Waals surface area (Å²) in [6, 6.07) is 7.45. The normalized spacial score (nSPS) is 12.5. The predicted molar refractivity (Wildman–Crippen MR) is 69.8 cm³/mol. The first-order valence-corrected chi connectivity index (χ1v) is 5.74. The second-order valence-corrected chi connectivity index (χ2v) is 5.05. The van der Waals surface area contributed by atoms with E-state index in [2.05, 4.69) is 32.6 Å². The van der Waals surface area contributed by atoms with Crippen molar-refractivity contribution < 1.29 is 9.84 Å². The molecule has 0 aliphatic carbocycles. The molecule has 1 aromatic carbocycles. The van der Waals surface area contributed by atoms with Crippen LogP contribution in [0.2, 0.25) is 0 Å². The molecule has 17 heavy (non-hydrogen) atoms. The molecule has 0 aliphatic heterocycles. The van der Waals surface area contributed by atoms with Crippen LogP contribution in [-0.4, -0.2) is 12.2 Å². The van der Waals surface area contributed by atoms with Gasteiger partial charge in [0.15, 0.2) is 0 Å². The fourth-order valence-corrected chi connectivity index (χ4v) is 1.38. The van der Waals surface area contributed by atoms with E-state index >= 15 is 0 Å². The van der Waals surface area contributed by atoms with Crippen molar-refractivity contribution in [3.63, 3.8) is 0 Å². The Bertz CT molecular complexity index is 419. The SMILES string of the molecule is COc1cccc(C(O)CC#CC(C)(C)C)c1. The van der Waals surface area contributed by atoms with Crippen LogP contribution in [0.1, 0.15) is 38.9 Å². The van der Waals surface area contributed by atoms with Crippen LogP contribution in [-0.2, 0) is 0 Å². The van der Waals surface area contributed by atoms with Crippen LogP contribution in [0.15, 0.2) is 24.3 Å². The molecule has 0 radical (unpaired) electrons. The van der Waals surface area contributed by atoms with Crippen LogP contribution >= 0.6 is 0 Å². The minimum absolute atomic E-state index is 0.0197. The van der Waals surface area contributed by atoms with Crippen LogP contribution in [0.3, 0.4) is 0 Å². The first kappa shape index (κ1) is 13.6.